The summed E-state index contributed by atoms with van der Waals surface area (Å²) in [6.07, 6.45) is 13.7. The van der Waals surface area contributed by atoms with Gasteiger partial charge in [0, 0.05) is 6.08 Å². The van der Waals surface area contributed by atoms with Gasteiger partial charge in [-0.15, -0.1) is 0 Å². The molecule has 0 aromatic rings. The molecule has 2 aliphatic carbocycles. The molecule has 0 radical (unpaired) electrons. The third-order valence-electron chi connectivity index (χ3n) is 6.62. The number of carbonyl (C=O) groups excluding carboxylic acids is 1. The van der Waals surface area contributed by atoms with Gasteiger partial charge in [0.1, 0.15) is 5.60 Å². The largest absolute Gasteiger partial charge is 0.456 e. The summed E-state index contributed by atoms with van der Waals surface area (Å²) in [6, 6.07) is 0. The summed E-state index contributed by atoms with van der Waals surface area (Å²) >= 11 is 0. The summed E-state index contributed by atoms with van der Waals surface area (Å²) in [5.74, 6) is 3.58. The van der Waals surface area contributed by atoms with E-state index in [1.54, 1.807) is 0 Å². The van der Waals surface area contributed by atoms with Gasteiger partial charge >= 0.3 is 5.97 Å². The molecule has 0 amide bonds. The molecular weight excluding hydrogens is 308 g/mol. The first-order valence-corrected chi connectivity index (χ1v) is 10.7. The van der Waals surface area contributed by atoms with Gasteiger partial charge in [-0.3, -0.25) is 0 Å². The third kappa shape index (κ3) is 5.86. The minimum atomic E-state index is -0.216. The highest BCUT2D eigenvalue weighted by atomic mass is 16.6. The summed E-state index contributed by atoms with van der Waals surface area (Å²) < 4.78 is 6.08. The van der Waals surface area contributed by atoms with Crippen LogP contribution >= 0.6 is 0 Å². The van der Waals surface area contributed by atoms with E-state index in [2.05, 4.69) is 34.3 Å². The van der Waals surface area contributed by atoms with Gasteiger partial charge < -0.3 is 4.74 Å². The van der Waals surface area contributed by atoms with E-state index < -0.39 is 0 Å². The maximum Gasteiger partial charge on any atom is 0.330 e. The quantitative estimate of drug-likeness (QED) is 0.385. The van der Waals surface area contributed by atoms with E-state index in [-0.39, 0.29) is 11.6 Å². The van der Waals surface area contributed by atoms with Crippen molar-refractivity contribution in [2.45, 2.75) is 97.5 Å². The van der Waals surface area contributed by atoms with E-state index in [0.717, 1.165) is 36.5 Å². The van der Waals surface area contributed by atoms with E-state index >= 15 is 0 Å². The highest BCUT2D eigenvalue weighted by Gasteiger charge is 2.45. The molecule has 144 valence electrons. The molecule has 2 fully saturated rings. The molecule has 0 unspecified atom stereocenters. The number of hydrogen-bond acceptors (Lipinski definition) is 2. The lowest BCUT2D eigenvalue weighted by Gasteiger charge is -2.47. The Bertz CT molecular complexity index is 421. The Morgan fingerprint density at radius 1 is 0.960 bits per heavy atom. The van der Waals surface area contributed by atoms with Crippen LogP contribution in [0.25, 0.3) is 0 Å². The molecule has 0 aromatic heterocycles. The zero-order valence-corrected chi connectivity index (χ0v) is 17.1. The first-order chi connectivity index (χ1) is 11.8. The predicted molar refractivity (Wildman–Crippen MR) is 105 cm³/mol. The molecule has 0 N–H and O–H groups in total. The second-order valence-corrected chi connectivity index (χ2v) is 9.61. The van der Waals surface area contributed by atoms with Crippen LogP contribution in [-0.4, -0.2) is 11.6 Å². The van der Waals surface area contributed by atoms with Gasteiger partial charge in [-0.05, 0) is 81.0 Å². The molecular formula is C23H40O2. The molecule has 0 saturated heterocycles. The summed E-state index contributed by atoms with van der Waals surface area (Å²) in [7, 11) is 0. The summed E-state index contributed by atoms with van der Waals surface area (Å²) in [4.78, 5) is 12.1. The minimum absolute atomic E-state index is 0.207. The SMILES string of the molecule is C=CC(=O)OC1(C2CCC(CC(C)C)CC2)CCC(CC(C)C)CC1. The van der Waals surface area contributed by atoms with Crippen LogP contribution in [0.3, 0.4) is 0 Å². The van der Waals surface area contributed by atoms with E-state index in [1.807, 2.05) is 0 Å². The highest BCUT2D eigenvalue weighted by molar-refractivity contribution is 5.81. The molecule has 0 bridgehead atoms. The molecule has 0 spiro atoms. The van der Waals surface area contributed by atoms with Crippen molar-refractivity contribution in [1.29, 1.82) is 0 Å². The zero-order chi connectivity index (χ0) is 18.4. The third-order valence-corrected chi connectivity index (χ3v) is 6.62. The van der Waals surface area contributed by atoms with Crippen LogP contribution in [0.5, 0.6) is 0 Å². The van der Waals surface area contributed by atoms with Crippen molar-refractivity contribution in [3.63, 3.8) is 0 Å². The molecule has 0 aromatic carbocycles. The fraction of sp³-hybridized carbons (Fsp3) is 0.870. The van der Waals surface area contributed by atoms with Gasteiger partial charge in [-0.2, -0.15) is 0 Å². The van der Waals surface area contributed by atoms with Crippen LogP contribution in [-0.2, 0) is 9.53 Å². The maximum atomic E-state index is 12.1. The first kappa shape index (κ1) is 20.5. The van der Waals surface area contributed by atoms with Gasteiger partial charge in [-0.1, -0.05) is 47.1 Å². The van der Waals surface area contributed by atoms with Crippen molar-refractivity contribution in [3.05, 3.63) is 12.7 Å². The molecule has 0 aliphatic heterocycles. The molecule has 0 atom stereocenters. The fourth-order valence-electron chi connectivity index (χ4n) is 5.50. The molecule has 2 rings (SSSR count). The van der Waals surface area contributed by atoms with Crippen LogP contribution in [0.4, 0.5) is 0 Å². The Morgan fingerprint density at radius 2 is 1.44 bits per heavy atom. The monoisotopic (exact) mass is 348 g/mol. The molecule has 2 heteroatoms. The second-order valence-electron chi connectivity index (χ2n) is 9.61. The lowest BCUT2D eigenvalue weighted by molar-refractivity contribution is -0.169. The lowest BCUT2D eigenvalue weighted by Crippen LogP contribution is -2.47. The summed E-state index contributed by atoms with van der Waals surface area (Å²) in [5.41, 5.74) is -0.207. The van der Waals surface area contributed by atoms with Crippen molar-refractivity contribution >= 4 is 5.97 Å². The summed E-state index contributed by atoms with van der Waals surface area (Å²) in [5, 5.41) is 0. The van der Waals surface area contributed by atoms with Gasteiger partial charge in [0.2, 0.25) is 0 Å². The molecule has 25 heavy (non-hydrogen) atoms. The Kier molecular flexibility index (Phi) is 7.58. The van der Waals surface area contributed by atoms with Crippen LogP contribution in [0, 0.1) is 29.6 Å². The first-order valence-electron chi connectivity index (χ1n) is 10.7. The maximum absolute atomic E-state index is 12.1. The fourth-order valence-corrected chi connectivity index (χ4v) is 5.50. The Labute approximate surface area is 155 Å². The van der Waals surface area contributed by atoms with Crippen molar-refractivity contribution in [2.75, 3.05) is 0 Å². The molecule has 2 saturated carbocycles. The van der Waals surface area contributed by atoms with Gasteiger partial charge in [-0.25, -0.2) is 4.79 Å². The van der Waals surface area contributed by atoms with Crippen LogP contribution in [0.2, 0.25) is 0 Å². The Morgan fingerprint density at radius 3 is 1.88 bits per heavy atom. The van der Waals surface area contributed by atoms with Crippen LogP contribution < -0.4 is 0 Å². The number of esters is 1. The summed E-state index contributed by atoms with van der Waals surface area (Å²) in [6.45, 7) is 12.9. The predicted octanol–water partition coefficient (Wildman–Crippen LogP) is 6.54. The van der Waals surface area contributed by atoms with E-state index in [1.165, 1.54) is 57.4 Å². The number of ether oxygens (including phenoxy) is 1. The molecule has 0 heterocycles. The lowest BCUT2D eigenvalue weighted by atomic mass is 9.64. The average Bonchev–Trinajstić information content (AvgIpc) is 2.56. The molecule has 2 aliphatic rings. The Balaban J connectivity index is 2.00. The number of carbonyl (C=O) groups is 1. The van der Waals surface area contributed by atoms with Gasteiger partial charge in [0.05, 0.1) is 0 Å². The average molecular weight is 349 g/mol. The van der Waals surface area contributed by atoms with Crippen molar-refractivity contribution < 1.29 is 9.53 Å². The van der Waals surface area contributed by atoms with Crippen molar-refractivity contribution in [2.24, 2.45) is 29.6 Å². The van der Waals surface area contributed by atoms with Gasteiger partial charge in [0.15, 0.2) is 0 Å². The topological polar surface area (TPSA) is 26.3 Å². The van der Waals surface area contributed by atoms with Gasteiger partial charge in [0.25, 0.3) is 0 Å². The van der Waals surface area contributed by atoms with Crippen LogP contribution in [0.15, 0.2) is 12.7 Å². The normalized spacial score (nSPS) is 33.4. The number of rotatable bonds is 7. The number of hydrogen-bond donors (Lipinski definition) is 0. The minimum Gasteiger partial charge on any atom is -0.456 e. The Hall–Kier alpha value is -0.790. The van der Waals surface area contributed by atoms with Crippen molar-refractivity contribution in [3.8, 4) is 0 Å². The second kappa shape index (κ2) is 9.24. The van der Waals surface area contributed by atoms with Crippen molar-refractivity contribution in [1.82, 2.24) is 0 Å². The standard InChI is InChI=1S/C23H40O2/c1-6-22(24)25-23(13-11-20(12-14-23)16-18(4)5)21-9-7-19(8-10-21)15-17(2)3/h6,17-21H,1,7-16H2,2-5H3. The van der Waals surface area contributed by atoms with Crippen LogP contribution in [0.1, 0.15) is 91.9 Å². The van der Waals surface area contributed by atoms with E-state index in [9.17, 15) is 4.79 Å². The zero-order valence-electron chi connectivity index (χ0n) is 17.1. The molecule has 2 nitrogen and oxygen atoms in total. The van der Waals surface area contributed by atoms with E-state index in [4.69, 9.17) is 4.74 Å². The van der Waals surface area contributed by atoms with E-state index in [0.29, 0.717) is 5.92 Å². The smallest absolute Gasteiger partial charge is 0.330 e. The highest BCUT2D eigenvalue weighted by Crippen LogP contribution is 2.48.